The number of amides is 5. The van der Waals surface area contributed by atoms with Crippen molar-refractivity contribution in [1.29, 1.82) is 0 Å². The molecular weight excluding hydrogens is 620 g/mol. The zero-order valence-corrected chi connectivity index (χ0v) is 28.5. The summed E-state index contributed by atoms with van der Waals surface area (Å²) in [5.41, 5.74) is 17.4. The third kappa shape index (κ3) is 14.3. The molecule has 0 spiro atoms. The number of aliphatic carboxylic acids is 1. The lowest BCUT2D eigenvalue weighted by Gasteiger charge is -2.31. The molecule has 0 unspecified atom stereocenters. The number of carbonyl (C=O) groups excluding carboxylic acids is 5. The molecular formula is C33H58N8O7. The smallest absolute Gasteiger partial charge is 0.326 e. The van der Waals surface area contributed by atoms with Crippen molar-refractivity contribution in [3.05, 3.63) is 12.2 Å². The van der Waals surface area contributed by atoms with Crippen LogP contribution >= 0.6 is 0 Å². The first-order valence-electron chi connectivity index (χ1n) is 17.4. The second kappa shape index (κ2) is 21.4. The molecule has 0 aromatic carbocycles. The molecule has 2 rings (SSSR count). The van der Waals surface area contributed by atoms with Gasteiger partial charge < -0.3 is 48.9 Å². The maximum atomic E-state index is 13.8. The Hall–Kier alpha value is -3.56. The average molecular weight is 679 g/mol. The van der Waals surface area contributed by atoms with Crippen molar-refractivity contribution in [3.8, 4) is 0 Å². The van der Waals surface area contributed by atoms with E-state index in [1.165, 1.54) is 0 Å². The molecule has 48 heavy (non-hydrogen) atoms. The van der Waals surface area contributed by atoms with Gasteiger partial charge >= 0.3 is 5.97 Å². The van der Waals surface area contributed by atoms with E-state index in [1.54, 1.807) is 12.2 Å². The zero-order valence-electron chi connectivity index (χ0n) is 28.5. The molecule has 0 radical (unpaired) electrons. The molecule has 2 aliphatic rings. The Morgan fingerprint density at radius 2 is 1.40 bits per heavy atom. The fourth-order valence-electron chi connectivity index (χ4n) is 5.69. The Labute approximate surface area is 283 Å². The summed E-state index contributed by atoms with van der Waals surface area (Å²) in [5, 5.41) is 23.3. The third-order valence-electron chi connectivity index (χ3n) is 8.81. The molecule has 0 saturated heterocycles. The second-order valence-electron chi connectivity index (χ2n) is 13.4. The van der Waals surface area contributed by atoms with Crippen molar-refractivity contribution >= 4 is 35.5 Å². The highest BCUT2D eigenvalue weighted by atomic mass is 16.4. The van der Waals surface area contributed by atoms with Crippen LogP contribution in [0.4, 0.5) is 0 Å². The highest BCUT2D eigenvalue weighted by Gasteiger charge is 2.34. The van der Waals surface area contributed by atoms with Crippen LogP contribution in [0, 0.1) is 11.8 Å². The molecule has 12 N–H and O–H groups in total. The monoisotopic (exact) mass is 678 g/mol. The van der Waals surface area contributed by atoms with Gasteiger partial charge in [-0.3, -0.25) is 24.0 Å². The minimum atomic E-state index is -1.16. The summed E-state index contributed by atoms with van der Waals surface area (Å²) in [5.74, 6) is -3.87. The molecule has 15 heteroatoms. The van der Waals surface area contributed by atoms with E-state index in [-0.39, 0.29) is 37.5 Å². The van der Waals surface area contributed by atoms with Crippen LogP contribution in [0.3, 0.4) is 0 Å². The second-order valence-corrected chi connectivity index (χ2v) is 13.4. The summed E-state index contributed by atoms with van der Waals surface area (Å²) >= 11 is 0. The van der Waals surface area contributed by atoms with Crippen LogP contribution in [0.25, 0.3) is 0 Å². The maximum absolute atomic E-state index is 13.8. The Balaban J connectivity index is 2.34. The van der Waals surface area contributed by atoms with E-state index < -0.39 is 71.8 Å². The van der Waals surface area contributed by atoms with Gasteiger partial charge in [-0.1, -0.05) is 45.3 Å². The molecule has 1 saturated carbocycles. The van der Waals surface area contributed by atoms with E-state index in [9.17, 15) is 33.9 Å². The van der Waals surface area contributed by atoms with Crippen LogP contribution in [-0.2, 0) is 28.8 Å². The molecule has 6 atom stereocenters. The Morgan fingerprint density at radius 1 is 0.833 bits per heavy atom. The first-order valence-corrected chi connectivity index (χ1v) is 17.4. The average Bonchev–Trinajstić information content (AvgIpc) is 3.01. The SMILES string of the molecule is CC(C)C[C@H](NC(=O)[C@H](CC1CCC1)NC(=O)[C@@H]1C/C=C/C[C@H](N)C(=O)N[C@@H](CCCCN)C(=O)N[C@@H](CCCCN)C(=O)N1)C(=O)O. The van der Waals surface area contributed by atoms with Crippen LogP contribution in [0.1, 0.15) is 97.3 Å². The van der Waals surface area contributed by atoms with E-state index in [2.05, 4.69) is 26.6 Å². The zero-order chi connectivity index (χ0) is 35.6. The van der Waals surface area contributed by atoms with Crippen molar-refractivity contribution in [2.45, 2.75) is 134 Å². The summed E-state index contributed by atoms with van der Waals surface area (Å²) < 4.78 is 0. The standard InChI is InChI=1S/C33H58N8O7/c1-20(2)18-27(33(47)48)41-32(46)26(19-21-10-9-11-21)40-31(45)24-13-4-3-12-22(36)28(42)37-23(14-5-7-16-34)29(43)39-25(30(44)38-24)15-6-8-17-35/h3-4,20-27H,5-19,34-36H2,1-2H3,(H,37,42)(H,38,44)(H,39,43)(H,40,45)(H,41,46)(H,47,48)/b4-3+/t22-,23-,24-,25-,26-,27-/m0/s1. The number of unbranched alkanes of at least 4 members (excludes halogenated alkanes) is 2. The molecule has 272 valence electrons. The maximum Gasteiger partial charge on any atom is 0.326 e. The first-order chi connectivity index (χ1) is 22.9. The predicted molar refractivity (Wildman–Crippen MR) is 181 cm³/mol. The molecule has 15 nitrogen and oxygen atoms in total. The Morgan fingerprint density at radius 3 is 1.92 bits per heavy atom. The van der Waals surface area contributed by atoms with E-state index >= 15 is 0 Å². The first kappa shape index (κ1) is 40.6. The van der Waals surface area contributed by atoms with Crippen molar-refractivity contribution in [1.82, 2.24) is 26.6 Å². The summed E-state index contributed by atoms with van der Waals surface area (Å²) in [7, 11) is 0. The molecule has 1 heterocycles. The highest BCUT2D eigenvalue weighted by molar-refractivity contribution is 5.96. The van der Waals surface area contributed by atoms with Crippen molar-refractivity contribution < 1.29 is 33.9 Å². The highest BCUT2D eigenvalue weighted by Crippen LogP contribution is 2.30. The summed E-state index contributed by atoms with van der Waals surface area (Å²) in [6.45, 7) is 4.51. The van der Waals surface area contributed by atoms with Gasteiger partial charge in [0.05, 0.1) is 6.04 Å². The minimum Gasteiger partial charge on any atom is -0.480 e. The molecule has 0 bridgehead atoms. The molecule has 0 aromatic heterocycles. The van der Waals surface area contributed by atoms with Crippen molar-refractivity contribution in [2.75, 3.05) is 13.1 Å². The fourth-order valence-corrected chi connectivity index (χ4v) is 5.69. The van der Waals surface area contributed by atoms with Gasteiger partial charge in [0.2, 0.25) is 29.5 Å². The van der Waals surface area contributed by atoms with Crippen LogP contribution in [0.15, 0.2) is 12.2 Å². The fraction of sp³-hybridized carbons (Fsp3) is 0.758. The summed E-state index contributed by atoms with van der Waals surface area (Å²) in [4.78, 5) is 79.0. The van der Waals surface area contributed by atoms with Gasteiger partial charge in [0, 0.05) is 0 Å². The summed E-state index contributed by atoms with van der Waals surface area (Å²) in [6, 6.07) is -6.21. The number of carboxylic acids is 1. The van der Waals surface area contributed by atoms with Crippen molar-refractivity contribution in [3.63, 3.8) is 0 Å². The van der Waals surface area contributed by atoms with Gasteiger partial charge in [-0.15, -0.1) is 0 Å². The topological polar surface area (TPSA) is 261 Å². The number of hydrogen-bond acceptors (Lipinski definition) is 9. The van der Waals surface area contributed by atoms with Gasteiger partial charge in [0.1, 0.15) is 30.2 Å². The largest absolute Gasteiger partial charge is 0.480 e. The number of carboxylic acid groups (broad SMARTS) is 1. The Bertz CT molecular complexity index is 1110. The van der Waals surface area contributed by atoms with Gasteiger partial charge in [-0.25, -0.2) is 4.79 Å². The van der Waals surface area contributed by atoms with Gasteiger partial charge in [0.25, 0.3) is 0 Å². The van der Waals surface area contributed by atoms with E-state index in [1.807, 2.05) is 13.8 Å². The minimum absolute atomic E-state index is 0.0106. The lowest BCUT2D eigenvalue weighted by molar-refractivity contribution is -0.143. The number of carbonyl (C=O) groups is 6. The lowest BCUT2D eigenvalue weighted by Crippen LogP contribution is -2.59. The van der Waals surface area contributed by atoms with Gasteiger partial charge in [-0.2, -0.15) is 0 Å². The van der Waals surface area contributed by atoms with E-state index in [4.69, 9.17) is 17.2 Å². The van der Waals surface area contributed by atoms with E-state index in [0.29, 0.717) is 51.6 Å². The normalized spacial score (nSPS) is 24.6. The van der Waals surface area contributed by atoms with Gasteiger partial charge in [0.15, 0.2) is 0 Å². The number of rotatable bonds is 17. The van der Waals surface area contributed by atoms with Crippen LogP contribution < -0.4 is 43.8 Å². The van der Waals surface area contributed by atoms with Gasteiger partial charge in [-0.05, 0) is 89.1 Å². The predicted octanol–water partition coefficient (Wildman–Crippen LogP) is -0.333. The number of hydrogen-bond donors (Lipinski definition) is 9. The quantitative estimate of drug-likeness (QED) is 0.0714. The lowest BCUT2D eigenvalue weighted by atomic mass is 9.80. The van der Waals surface area contributed by atoms with Crippen LogP contribution in [-0.4, -0.2) is 90.0 Å². The van der Waals surface area contributed by atoms with Crippen LogP contribution in [0.2, 0.25) is 0 Å². The molecule has 1 fully saturated rings. The molecule has 5 amide bonds. The number of nitrogens with two attached hydrogens (primary N) is 3. The number of nitrogens with one attached hydrogen (secondary N) is 5. The molecule has 0 aromatic rings. The molecule has 1 aliphatic carbocycles. The van der Waals surface area contributed by atoms with Crippen molar-refractivity contribution in [2.24, 2.45) is 29.0 Å². The van der Waals surface area contributed by atoms with E-state index in [0.717, 1.165) is 19.3 Å². The summed E-state index contributed by atoms with van der Waals surface area (Å²) in [6.07, 6.45) is 9.59. The molecule has 1 aliphatic heterocycles. The third-order valence-corrected chi connectivity index (χ3v) is 8.81. The Kier molecular flexibility index (Phi) is 18.1. The van der Waals surface area contributed by atoms with Crippen LogP contribution in [0.5, 0.6) is 0 Å².